The lowest BCUT2D eigenvalue weighted by Crippen LogP contribution is -2.09. The van der Waals surface area contributed by atoms with E-state index in [1.165, 1.54) is 16.2 Å². The number of rotatable bonds is 2. The Hall–Kier alpha value is -1.57. The number of benzene rings is 2. The molecule has 0 nitrogen and oxygen atoms in total. The second-order valence-corrected chi connectivity index (χ2v) is 5.94. The first-order valence-electron chi connectivity index (χ1n) is 5.27. The van der Waals surface area contributed by atoms with Gasteiger partial charge in [0.25, 0.3) is 0 Å². The Balaban J connectivity index is 2.38. The SMILES string of the molecule is C#C[PH+](c1ccccc1)c1ccc(C)cc1. The van der Waals surface area contributed by atoms with Crippen molar-refractivity contribution in [1.29, 1.82) is 0 Å². The summed E-state index contributed by atoms with van der Waals surface area (Å²) in [6.07, 6.45) is 5.67. The Morgan fingerprint density at radius 3 is 2.00 bits per heavy atom. The van der Waals surface area contributed by atoms with Gasteiger partial charge in [0.2, 0.25) is 0 Å². The first kappa shape index (κ1) is 10.9. The third-order valence-electron chi connectivity index (χ3n) is 2.55. The molecule has 0 saturated carbocycles. The summed E-state index contributed by atoms with van der Waals surface area (Å²) in [5.74, 6) is 0. The normalized spacial score (nSPS) is 11.8. The van der Waals surface area contributed by atoms with Crippen molar-refractivity contribution in [3.63, 3.8) is 0 Å². The van der Waals surface area contributed by atoms with E-state index in [9.17, 15) is 0 Å². The molecule has 2 rings (SSSR count). The Bertz CT molecular complexity index is 491. The molecule has 78 valence electrons. The first-order valence-corrected chi connectivity index (χ1v) is 6.77. The van der Waals surface area contributed by atoms with Crippen molar-refractivity contribution in [3.05, 3.63) is 60.2 Å². The molecule has 0 aliphatic rings. The zero-order valence-electron chi connectivity index (χ0n) is 9.27. The third kappa shape index (κ3) is 2.32. The largest absolute Gasteiger partial charge is 0.143 e. The van der Waals surface area contributed by atoms with Crippen LogP contribution in [0.25, 0.3) is 0 Å². The van der Waals surface area contributed by atoms with E-state index in [0.29, 0.717) is 0 Å². The molecule has 0 aliphatic carbocycles. The van der Waals surface area contributed by atoms with E-state index in [1.54, 1.807) is 0 Å². The fraction of sp³-hybridized carbons (Fsp3) is 0.0667. The van der Waals surface area contributed by atoms with Crippen LogP contribution in [0.2, 0.25) is 0 Å². The van der Waals surface area contributed by atoms with Gasteiger partial charge in [-0.1, -0.05) is 42.3 Å². The fourth-order valence-corrected chi connectivity index (χ4v) is 3.35. The molecule has 0 bridgehead atoms. The minimum absolute atomic E-state index is 1.03. The number of hydrogen-bond donors (Lipinski definition) is 0. The molecule has 1 atom stereocenters. The molecule has 0 N–H and O–H groups in total. The zero-order valence-corrected chi connectivity index (χ0v) is 10.3. The fourth-order valence-electron chi connectivity index (χ4n) is 1.66. The summed E-state index contributed by atoms with van der Waals surface area (Å²) in [6.45, 7) is 2.09. The van der Waals surface area contributed by atoms with Gasteiger partial charge < -0.3 is 0 Å². The summed E-state index contributed by atoms with van der Waals surface area (Å²) in [4.78, 5) is 0. The Morgan fingerprint density at radius 2 is 1.44 bits per heavy atom. The van der Waals surface area contributed by atoms with Gasteiger partial charge in [-0.2, -0.15) is 0 Å². The highest BCUT2D eigenvalue weighted by Crippen LogP contribution is 2.31. The van der Waals surface area contributed by atoms with Crippen LogP contribution in [-0.4, -0.2) is 0 Å². The maximum atomic E-state index is 5.67. The summed E-state index contributed by atoms with van der Waals surface area (Å²) in [5.41, 5.74) is 4.23. The average Bonchev–Trinajstić information content (AvgIpc) is 2.34. The second-order valence-electron chi connectivity index (χ2n) is 3.75. The lowest BCUT2D eigenvalue weighted by Gasteiger charge is -2.03. The average molecular weight is 225 g/mol. The molecule has 16 heavy (non-hydrogen) atoms. The van der Waals surface area contributed by atoms with E-state index in [-0.39, 0.29) is 0 Å². The molecule has 0 radical (unpaired) electrons. The van der Waals surface area contributed by atoms with E-state index in [0.717, 1.165) is 0 Å². The van der Waals surface area contributed by atoms with Crippen LogP contribution in [0.1, 0.15) is 5.56 Å². The molecule has 0 aliphatic heterocycles. The van der Waals surface area contributed by atoms with Crippen molar-refractivity contribution in [2.24, 2.45) is 0 Å². The van der Waals surface area contributed by atoms with Crippen molar-refractivity contribution in [2.75, 3.05) is 0 Å². The molecule has 1 unspecified atom stereocenters. The highest BCUT2D eigenvalue weighted by Gasteiger charge is 2.19. The molecular weight excluding hydrogens is 211 g/mol. The number of aryl methyl sites for hydroxylation is 1. The molecule has 2 aromatic rings. The van der Waals surface area contributed by atoms with Crippen molar-refractivity contribution in [3.8, 4) is 12.1 Å². The molecular formula is C15H14P+. The minimum Gasteiger partial charge on any atom is -0.0761 e. The first-order chi connectivity index (χ1) is 7.81. The van der Waals surface area contributed by atoms with Gasteiger partial charge in [0.15, 0.2) is 0 Å². The van der Waals surface area contributed by atoms with Gasteiger partial charge in [-0.3, -0.25) is 0 Å². The predicted molar refractivity (Wildman–Crippen MR) is 74.0 cm³/mol. The molecule has 0 fully saturated rings. The summed E-state index contributed by atoms with van der Waals surface area (Å²) in [6, 6.07) is 18.9. The zero-order chi connectivity index (χ0) is 11.4. The molecule has 2 aromatic carbocycles. The molecule has 0 saturated heterocycles. The van der Waals surface area contributed by atoms with Crippen LogP contribution >= 0.6 is 7.92 Å². The van der Waals surface area contributed by atoms with Gasteiger partial charge in [-0.05, 0) is 31.2 Å². The van der Waals surface area contributed by atoms with E-state index in [1.807, 2.05) is 18.2 Å². The topological polar surface area (TPSA) is 0 Å². The summed E-state index contributed by atoms with van der Waals surface area (Å²) < 4.78 is 0. The van der Waals surface area contributed by atoms with E-state index < -0.39 is 7.92 Å². The van der Waals surface area contributed by atoms with Gasteiger partial charge in [0, 0.05) is 0 Å². The van der Waals surface area contributed by atoms with Crippen molar-refractivity contribution < 1.29 is 0 Å². The van der Waals surface area contributed by atoms with Crippen LogP contribution in [0.4, 0.5) is 0 Å². The summed E-state index contributed by atoms with van der Waals surface area (Å²) in [7, 11) is -1.03. The highest BCUT2D eigenvalue weighted by atomic mass is 31.1. The Morgan fingerprint density at radius 1 is 0.875 bits per heavy atom. The van der Waals surface area contributed by atoms with Crippen LogP contribution in [0.5, 0.6) is 0 Å². The summed E-state index contributed by atoms with van der Waals surface area (Å²) >= 11 is 0. The molecule has 0 spiro atoms. The maximum absolute atomic E-state index is 5.67. The van der Waals surface area contributed by atoms with Gasteiger partial charge in [-0.25, -0.2) is 0 Å². The molecule has 0 amide bonds. The smallest absolute Gasteiger partial charge is 0.0761 e. The van der Waals surface area contributed by atoms with Crippen LogP contribution in [0, 0.1) is 19.0 Å². The predicted octanol–water partition coefficient (Wildman–Crippen LogP) is 2.75. The monoisotopic (exact) mass is 225 g/mol. The minimum atomic E-state index is -1.03. The van der Waals surface area contributed by atoms with Crippen molar-refractivity contribution in [1.82, 2.24) is 0 Å². The highest BCUT2D eigenvalue weighted by molar-refractivity contribution is 7.77. The Labute approximate surface area is 98.1 Å². The van der Waals surface area contributed by atoms with E-state index in [2.05, 4.69) is 49.0 Å². The number of terminal acetylenes is 1. The van der Waals surface area contributed by atoms with E-state index >= 15 is 0 Å². The third-order valence-corrected chi connectivity index (χ3v) is 4.66. The van der Waals surface area contributed by atoms with E-state index in [4.69, 9.17) is 6.42 Å². The Kier molecular flexibility index (Phi) is 3.40. The van der Waals surface area contributed by atoms with Crippen molar-refractivity contribution >= 4 is 18.5 Å². The number of hydrogen-bond acceptors (Lipinski definition) is 0. The maximum Gasteiger partial charge on any atom is 0.143 e. The van der Waals surface area contributed by atoms with Crippen molar-refractivity contribution in [2.45, 2.75) is 6.92 Å². The van der Waals surface area contributed by atoms with Gasteiger partial charge >= 0.3 is 0 Å². The lowest BCUT2D eigenvalue weighted by atomic mass is 10.2. The van der Waals surface area contributed by atoms with Crippen LogP contribution in [0.3, 0.4) is 0 Å². The van der Waals surface area contributed by atoms with Crippen LogP contribution < -0.4 is 10.6 Å². The van der Waals surface area contributed by atoms with Gasteiger partial charge in [0.05, 0.1) is 5.66 Å². The molecule has 0 aromatic heterocycles. The quantitative estimate of drug-likeness (QED) is 0.544. The second kappa shape index (κ2) is 4.97. The molecule has 0 heterocycles. The lowest BCUT2D eigenvalue weighted by molar-refractivity contribution is 1.49. The van der Waals surface area contributed by atoms with Crippen LogP contribution in [-0.2, 0) is 0 Å². The van der Waals surface area contributed by atoms with Gasteiger partial charge in [-0.15, -0.1) is 0 Å². The van der Waals surface area contributed by atoms with Gasteiger partial charge in [0.1, 0.15) is 18.5 Å². The summed E-state index contributed by atoms with van der Waals surface area (Å²) in [5, 5.41) is 2.56. The van der Waals surface area contributed by atoms with Crippen LogP contribution in [0.15, 0.2) is 54.6 Å². The standard InChI is InChI=1S/C15H13P/c1-3-16(14-7-5-4-6-8-14)15-11-9-13(2)10-12-15/h1,4-12H,2H3/p+1. The molecule has 1 heteroatoms.